The number of hydrogen-bond acceptors (Lipinski definition) is 1. The molecule has 0 heterocycles. The Labute approximate surface area is 122 Å². The SMILES string of the molecule is FC(F)(F)C1CCC(Nc2ccc3ccccc3c2)CC1. The Kier molecular flexibility index (Phi) is 3.79. The first-order chi connectivity index (χ1) is 10.0. The van der Waals surface area contributed by atoms with E-state index >= 15 is 0 Å². The number of benzene rings is 2. The predicted molar refractivity (Wildman–Crippen MR) is 79.4 cm³/mol. The fourth-order valence-corrected chi connectivity index (χ4v) is 3.08. The van der Waals surface area contributed by atoms with Crippen LogP contribution in [0.25, 0.3) is 10.8 Å². The highest BCUT2D eigenvalue weighted by Gasteiger charge is 2.41. The summed E-state index contributed by atoms with van der Waals surface area (Å²) in [6, 6.07) is 14.3. The second kappa shape index (κ2) is 5.58. The fraction of sp³-hybridized carbons (Fsp3) is 0.412. The molecule has 1 nitrogen and oxygen atoms in total. The average molecular weight is 293 g/mol. The van der Waals surface area contributed by atoms with E-state index < -0.39 is 12.1 Å². The molecule has 1 fully saturated rings. The maximum absolute atomic E-state index is 12.6. The lowest BCUT2D eigenvalue weighted by molar-refractivity contribution is -0.182. The molecule has 1 aliphatic rings. The number of fused-ring (bicyclic) bond motifs is 1. The van der Waals surface area contributed by atoms with Crippen molar-refractivity contribution in [2.45, 2.75) is 37.9 Å². The fourth-order valence-electron chi connectivity index (χ4n) is 3.08. The van der Waals surface area contributed by atoms with Crippen LogP contribution in [0.4, 0.5) is 18.9 Å². The molecule has 0 bridgehead atoms. The molecule has 1 N–H and O–H groups in total. The van der Waals surface area contributed by atoms with Crippen molar-refractivity contribution in [2.75, 3.05) is 5.32 Å². The third-order valence-electron chi connectivity index (χ3n) is 4.31. The maximum Gasteiger partial charge on any atom is 0.391 e. The lowest BCUT2D eigenvalue weighted by Gasteiger charge is -2.30. The maximum atomic E-state index is 12.6. The third-order valence-corrected chi connectivity index (χ3v) is 4.31. The molecule has 0 spiro atoms. The quantitative estimate of drug-likeness (QED) is 0.784. The molecule has 3 rings (SSSR count). The van der Waals surface area contributed by atoms with Crippen LogP contribution in [-0.2, 0) is 0 Å². The van der Waals surface area contributed by atoms with Gasteiger partial charge < -0.3 is 5.32 Å². The Morgan fingerprint density at radius 1 is 0.857 bits per heavy atom. The van der Waals surface area contributed by atoms with E-state index in [4.69, 9.17) is 0 Å². The molecule has 0 amide bonds. The van der Waals surface area contributed by atoms with Gasteiger partial charge in [0.2, 0.25) is 0 Å². The Morgan fingerprint density at radius 3 is 2.19 bits per heavy atom. The van der Waals surface area contributed by atoms with Crippen molar-refractivity contribution < 1.29 is 13.2 Å². The highest BCUT2D eigenvalue weighted by atomic mass is 19.4. The highest BCUT2D eigenvalue weighted by Crippen LogP contribution is 2.38. The minimum atomic E-state index is -4.03. The van der Waals surface area contributed by atoms with Crippen molar-refractivity contribution in [3.8, 4) is 0 Å². The number of anilines is 1. The summed E-state index contributed by atoms with van der Waals surface area (Å²) in [5.74, 6) is -1.12. The van der Waals surface area contributed by atoms with Gasteiger partial charge in [0.05, 0.1) is 5.92 Å². The molecule has 21 heavy (non-hydrogen) atoms. The van der Waals surface area contributed by atoms with Gasteiger partial charge in [-0.25, -0.2) is 0 Å². The first-order valence-corrected chi connectivity index (χ1v) is 7.34. The predicted octanol–water partition coefficient (Wildman–Crippen LogP) is 5.37. The monoisotopic (exact) mass is 293 g/mol. The third kappa shape index (κ3) is 3.31. The molecular formula is C17H18F3N. The van der Waals surface area contributed by atoms with Crippen molar-refractivity contribution >= 4 is 16.5 Å². The highest BCUT2D eigenvalue weighted by molar-refractivity contribution is 5.85. The minimum Gasteiger partial charge on any atom is -0.382 e. The van der Waals surface area contributed by atoms with Crippen LogP contribution in [0, 0.1) is 5.92 Å². The van der Waals surface area contributed by atoms with Crippen LogP contribution in [0.15, 0.2) is 42.5 Å². The van der Waals surface area contributed by atoms with Gasteiger partial charge in [0.15, 0.2) is 0 Å². The molecule has 4 heteroatoms. The van der Waals surface area contributed by atoms with Crippen LogP contribution in [-0.4, -0.2) is 12.2 Å². The van der Waals surface area contributed by atoms with Gasteiger partial charge in [0, 0.05) is 11.7 Å². The average Bonchev–Trinajstić information content (AvgIpc) is 2.47. The van der Waals surface area contributed by atoms with E-state index in [0.717, 1.165) is 11.1 Å². The zero-order valence-corrected chi connectivity index (χ0v) is 11.7. The second-order valence-electron chi connectivity index (χ2n) is 5.80. The van der Waals surface area contributed by atoms with E-state index in [0.29, 0.717) is 12.8 Å². The molecule has 2 aromatic carbocycles. The van der Waals surface area contributed by atoms with Gasteiger partial charge in [-0.2, -0.15) is 13.2 Å². The van der Waals surface area contributed by atoms with Crippen LogP contribution in [0.1, 0.15) is 25.7 Å². The number of halogens is 3. The summed E-state index contributed by atoms with van der Waals surface area (Å²) in [5.41, 5.74) is 0.990. The molecule has 2 aromatic rings. The van der Waals surface area contributed by atoms with Crippen LogP contribution < -0.4 is 5.32 Å². The van der Waals surface area contributed by atoms with Crippen molar-refractivity contribution in [1.82, 2.24) is 0 Å². The van der Waals surface area contributed by atoms with Crippen LogP contribution in [0.3, 0.4) is 0 Å². The second-order valence-corrected chi connectivity index (χ2v) is 5.80. The normalized spacial score (nSPS) is 23.2. The van der Waals surface area contributed by atoms with E-state index in [9.17, 15) is 13.2 Å². The summed E-state index contributed by atoms with van der Waals surface area (Å²) < 4.78 is 37.9. The Bertz CT molecular complexity index is 613. The van der Waals surface area contributed by atoms with E-state index in [-0.39, 0.29) is 18.9 Å². The summed E-state index contributed by atoms with van der Waals surface area (Å²) in [6.45, 7) is 0. The lowest BCUT2D eigenvalue weighted by atomic mass is 9.85. The Hall–Kier alpha value is -1.71. The van der Waals surface area contributed by atoms with Gasteiger partial charge in [-0.05, 0) is 48.6 Å². The molecule has 0 radical (unpaired) electrons. The van der Waals surface area contributed by atoms with Crippen molar-refractivity contribution in [3.05, 3.63) is 42.5 Å². The van der Waals surface area contributed by atoms with E-state index in [1.54, 1.807) is 0 Å². The Morgan fingerprint density at radius 2 is 1.52 bits per heavy atom. The minimum absolute atomic E-state index is 0.143. The molecule has 1 aliphatic carbocycles. The summed E-state index contributed by atoms with van der Waals surface area (Å²) in [5, 5.41) is 5.69. The van der Waals surface area contributed by atoms with E-state index in [1.165, 1.54) is 5.39 Å². The van der Waals surface area contributed by atoms with Gasteiger partial charge >= 0.3 is 6.18 Å². The zero-order chi connectivity index (χ0) is 14.9. The number of hydrogen-bond donors (Lipinski definition) is 1. The van der Waals surface area contributed by atoms with Crippen LogP contribution in [0.5, 0.6) is 0 Å². The molecule has 0 aromatic heterocycles. The molecule has 1 saturated carbocycles. The molecule has 112 valence electrons. The largest absolute Gasteiger partial charge is 0.391 e. The van der Waals surface area contributed by atoms with Gasteiger partial charge in [0.1, 0.15) is 0 Å². The standard InChI is InChI=1S/C17H18F3N/c18-17(19,20)14-6-9-15(10-7-14)21-16-8-5-12-3-1-2-4-13(12)11-16/h1-5,8,11,14-15,21H,6-7,9-10H2. The summed E-state index contributed by atoms with van der Waals surface area (Å²) in [6.07, 6.45) is -2.41. The lowest BCUT2D eigenvalue weighted by Crippen LogP contribution is -2.32. The van der Waals surface area contributed by atoms with Gasteiger partial charge in [-0.1, -0.05) is 30.3 Å². The Balaban J connectivity index is 1.64. The molecular weight excluding hydrogens is 275 g/mol. The first kappa shape index (κ1) is 14.2. The van der Waals surface area contributed by atoms with E-state index in [2.05, 4.69) is 11.4 Å². The van der Waals surface area contributed by atoms with Crippen LogP contribution >= 0.6 is 0 Å². The molecule has 0 atom stereocenters. The van der Waals surface area contributed by atoms with Gasteiger partial charge in [-0.15, -0.1) is 0 Å². The number of alkyl halides is 3. The van der Waals surface area contributed by atoms with Crippen LogP contribution in [0.2, 0.25) is 0 Å². The summed E-state index contributed by atoms with van der Waals surface area (Å²) >= 11 is 0. The van der Waals surface area contributed by atoms with Crippen molar-refractivity contribution in [1.29, 1.82) is 0 Å². The molecule has 0 aliphatic heterocycles. The van der Waals surface area contributed by atoms with Crippen molar-refractivity contribution in [3.63, 3.8) is 0 Å². The topological polar surface area (TPSA) is 12.0 Å². The summed E-state index contributed by atoms with van der Waals surface area (Å²) in [7, 11) is 0. The number of nitrogens with one attached hydrogen (secondary N) is 1. The zero-order valence-electron chi connectivity index (χ0n) is 11.7. The smallest absolute Gasteiger partial charge is 0.382 e. The molecule has 0 unspecified atom stereocenters. The first-order valence-electron chi connectivity index (χ1n) is 7.34. The van der Waals surface area contributed by atoms with E-state index in [1.807, 2.05) is 36.4 Å². The van der Waals surface area contributed by atoms with Crippen molar-refractivity contribution in [2.24, 2.45) is 5.92 Å². The molecule has 0 saturated heterocycles. The van der Waals surface area contributed by atoms with Gasteiger partial charge in [0.25, 0.3) is 0 Å². The van der Waals surface area contributed by atoms with Gasteiger partial charge in [-0.3, -0.25) is 0 Å². The summed E-state index contributed by atoms with van der Waals surface area (Å²) in [4.78, 5) is 0. The number of rotatable bonds is 2.